The molecule has 0 saturated carbocycles. The molecule has 0 aromatic rings. The van der Waals surface area contributed by atoms with E-state index in [2.05, 4.69) is 36.8 Å². The molecule has 0 radical (unpaired) electrons. The van der Waals surface area contributed by atoms with Crippen LogP contribution >= 0.6 is 8.25 Å². The maximum Gasteiger partial charge on any atom is 0.746 e. The molecule has 0 amide bonds. The second kappa shape index (κ2) is 25.2. The smallest absolute Gasteiger partial charge is 0.238 e. The third-order valence-corrected chi connectivity index (χ3v) is 0.494. The molecular weight excluding hydrogens is 151 g/mol. The van der Waals surface area contributed by atoms with Crippen molar-refractivity contribution < 1.29 is 14.0 Å². The van der Waals surface area contributed by atoms with Crippen molar-refractivity contribution >= 4 is 8.25 Å². The van der Waals surface area contributed by atoms with E-state index in [1.807, 2.05) is 0 Å². The first kappa shape index (κ1) is 15.9. The summed E-state index contributed by atoms with van der Waals surface area (Å²) in [5, 5.41) is 0. The van der Waals surface area contributed by atoms with Crippen molar-refractivity contribution in [2.24, 2.45) is 0 Å². The highest BCUT2D eigenvalue weighted by Crippen LogP contribution is 2.12. The minimum absolute atomic E-state index is 0.915. The summed E-state index contributed by atoms with van der Waals surface area (Å²) >= 11 is 0. The molecule has 0 aromatic carbocycles. The van der Waals surface area contributed by atoms with Crippen LogP contribution in [0.15, 0.2) is 12.8 Å². The molecule has 54 valence electrons. The number of hydrogen-bond donors (Lipinski definition) is 1. The van der Waals surface area contributed by atoms with Gasteiger partial charge in [0.15, 0.2) is 0 Å². The average molecular weight is 159 g/mol. The third kappa shape index (κ3) is 74.3. The van der Waals surface area contributed by atoms with Crippen LogP contribution in [0.2, 0.25) is 0 Å². The van der Waals surface area contributed by atoms with Gasteiger partial charge in [0.05, 0.1) is 0 Å². The van der Waals surface area contributed by atoms with E-state index >= 15 is 0 Å². The maximum absolute atomic E-state index is 9.45. The second-order valence-electron chi connectivity index (χ2n) is 0.510. The van der Waals surface area contributed by atoms with E-state index in [1.54, 1.807) is 0 Å². The van der Waals surface area contributed by atoms with Crippen LogP contribution in [0.4, 0.5) is 0 Å². The lowest BCUT2D eigenvalue weighted by Crippen LogP contribution is -1.55. The Labute approximate surface area is 61.7 Å². The number of hydrogen-bond acceptors (Lipinski definition) is 2. The number of terminal acetylenes is 2. The molecule has 0 fully saturated rings. The fourth-order valence-electron chi connectivity index (χ4n) is 0.0638. The van der Waals surface area contributed by atoms with Gasteiger partial charge in [-0.15, -0.1) is 30.6 Å². The zero-order chi connectivity index (χ0) is 8.99. The summed E-state index contributed by atoms with van der Waals surface area (Å²) in [6.45, 7) is 3.03. The first-order valence-electron chi connectivity index (χ1n) is 1.88. The maximum atomic E-state index is 9.45. The van der Waals surface area contributed by atoms with E-state index in [4.69, 9.17) is 4.89 Å². The standard InChI is InChI=1S/C2H3O3P.2C2H2/c1-2-5-6(3)4;2*1-2/h2H,1H2;2*1-2H/p+1. The summed E-state index contributed by atoms with van der Waals surface area (Å²) in [5.41, 5.74) is 0. The lowest BCUT2D eigenvalue weighted by Gasteiger charge is -1.63. The summed E-state index contributed by atoms with van der Waals surface area (Å²) in [5.74, 6) is 0. The van der Waals surface area contributed by atoms with Crippen LogP contribution in [-0.4, -0.2) is 4.89 Å². The van der Waals surface area contributed by atoms with E-state index in [9.17, 15) is 4.57 Å². The largest absolute Gasteiger partial charge is 0.746 e. The van der Waals surface area contributed by atoms with Crippen molar-refractivity contribution in [1.29, 1.82) is 0 Å². The van der Waals surface area contributed by atoms with Gasteiger partial charge in [-0.25, -0.2) is 4.52 Å². The minimum Gasteiger partial charge on any atom is -0.238 e. The molecular formula is C6H8O3P+. The van der Waals surface area contributed by atoms with Gasteiger partial charge in [0.25, 0.3) is 0 Å². The average Bonchev–Trinajstić information content (AvgIpc) is 1.96. The Morgan fingerprint density at radius 3 is 1.70 bits per heavy atom. The molecule has 0 spiro atoms. The summed E-state index contributed by atoms with van der Waals surface area (Å²) < 4.78 is 13.3. The van der Waals surface area contributed by atoms with Crippen molar-refractivity contribution in [3.05, 3.63) is 12.8 Å². The number of rotatable bonds is 2. The van der Waals surface area contributed by atoms with Crippen LogP contribution in [0, 0.1) is 25.7 Å². The normalized spacial score (nSPS) is 6.30. The Hall–Kier alpha value is -1.28. The van der Waals surface area contributed by atoms with E-state index in [0.29, 0.717) is 0 Å². The molecule has 4 heteroatoms. The molecule has 0 aliphatic rings. The van der Waals surface area contributed by atoms with Gasteiger partial charge < -0.3 is 0 Å². The van der Waals surface area contributed by atoms with Crippen molar-refractivity contribution in [2.45, 2.75) is 0 Å². The van der Waals surface area contributed by atoms with Gasteiger partial charge >= 0.3 is 8.25 Å². The Bertz CT molecular complexity index is 119. The zero-order valence-corrected chi connectivity index (χ0v) is 6.20. The van der Waals surface area contributed by atoms with Gasteiger partial charge in [0.1, 0.15) is 6.26 Å². The topological polar surface area (TPSA) is 46.5 Å². The second-order valence-corrected chi connectivity index (χ2v) is 1.20. The van der Waals surface area contributed by atoms with Gasteiger partial charge in [0, 0.05) is 4.57 Å². The summed E-state index contributed by atoms with van der Waals surface area (Å²) in [6, 6.07) is 0. The molecule has 0 bridgehead atoms. The van der Waals surface area contributed by atoms with Crippen LogP contribution in [0.25, 0.3) is 0 Å². The van der Waals surface area contributed by atoms with Gasteiger partial charge in [-0.1, -0.05) is 6.58 Å². The Balaban J connectivity index is -0.000000105. The van der Waals surface area contributed by atoms with Gasteiger partial charge in [-0.3, -0.25) is 0 Å². The van der Waals surface area contributed by atoms with Crippen LogP contribution in [0.3, 0.4) is 0 Å². The Kier molecular flexibility index (Phi) is 40.0. The summed E-state index contributed by atoms with van der Waals surface area (Å²) in [4.78, 5) is 7.77. The highest BCUT2D eigenvalue weighted by atomic mass is 31.1. The molecule has 1 atom stereocenters. The Morgan fingerprint density at radius 1 is 1.40 bits per heavy atom. The predicted molar refractivity (Wildman–Crippen MR) is 40.9 cm³/mol. The van der Waals surface area contributed by atoms with Crippen LogP contribution in [0.5, 0.6) is 0 Å². The molecule has 1 unspecified atom stereocenters. The highest BCUT2D eigenvalue weighted by molar-refractivity contribution is 7.32. The van der Waals surface area contributed by atoms with Gasteiger partial charge in [-0.2, -0.15) is 0 Å². The summed E-state index contributed by atoms with van der Waals surface area (Å²) in [6.07, 6.45) is 16.9. The van der Waals surface area contributed by atoms with E-state index in [-0.39, 0.29) is 0 Å². The van der Waals surface area contributed by atoms with Crippen LogP contribution < -0.4 is 0 Å². The molecule has 0 aromatic heterocycles. The van der Waals surface area contributed by atoms with E-state index in [1.165, 1.54) is 0 Å². The predicted octanol–water partition coefficient (Wildman–Crippen LogP) is 1.29. The first-order valence-corrected chi connectivity index (χ1v) is 3.01. The van der Waals surface area contributed by atoms with E-state index in [0.717, 1.165) is 6.26 Å². The zero-order valence-electron chi connectivity index (χ0n) is 5.30. The van der Waals surface area contributed by atoms with Crippen molar-refractivity contribution in [2.75, 3.05) is 0 Å². The molecule has 0 saturated heterocycles. The van der Waals surface area contributed by atoms with Crippen LogP contribution in [-0.2, 0) is 9.09 Å². The fraction of sp³-hybridized carbons (Fsp3) is 0. The van der Waals surface area contributed by atoms with E-state index < -0.39 is 8.25 Å². The third-order valence-electron chi connectivity index (χ3n) is 0.165. The lowest BCUT2D eigenvalue weighted by atomic mass is 11.2. The quantitative estimate of drug-likeness (QED) is 0.375. The molecule has 1 N–H and O–H groups in total. The first-order chi connectivity index (χ1) is 4.77. The molecule has 0 aliphatic heterocycles. The SMILES string of the molecule is C#C.C#C.C=CO[P+](=O)O. The molecule has 0 heterocycles. The summed E-state index contributed by atoms with van der Waals surface area (Å²) in [7, 11) is -2.47. The Morgan fingerprint density at radius 2 is 1.70 bits per heavy atom. The van der Waals surface area contributed by atoms with Crippen LogP contribution in [0.1, 0.15) is 0 Å². The van der Waals surface area contributed by atoms with Crippen molar-refractivity contribution in [3.63, 3.8) is 0 Å². The molecule has 10 heavy (non-hydrogen) atoms. The highest BCUT2D eigenvalue weighted by Gasteiger charge is 2.05. The van der Waals surface area contributed by atoms with Crippen molar-refractivity contribution in [1.82, 2.24) is 0 Å². The van der Waals surface area contributed by atoms with Gasteiger partial charge in [0.2, 0.25) is 0 Å². The molecule has 3 nitrogen and oxygen atoms in total. The van der Waals surface area contributed by atoms with Crippen molar-refractivity contribution in [3.8, 4) is 25.7 Å². The monoisotopic (exact) mass is 159 g/mol. The molecule has 0 rings (SSSR count). The fourth-order valence-corrected chi connectivity index (χ4v) is 0.191. The lowest BCUT2D eigenvalue weighted by molar-refractivity contribution is 0.379. The molecule has 0 aliphatic carbocycles. The van der Waals surface area contributed by atoms with Gasteiger partial charge in [-0.05, 0) is 0 Å². The minimum atomic E-state index is -2.47.